The Morgan fingerprint density at radius 1 is 1.33 bits per heavy atom. The first-order valence-corrected chi connectivity index (χ1v) is 8.31. The molecule has 0 radical (unpaired) electrons. The zero-order valence-corrected chi connectivity index (χ0v) is 14.5. The van der Waals surface area contributed by atoms with Crippen molar-refractivity contribution in [2.45, 2.75) is 32.2 Å². The number of anilines is 1. The number of piperidine rings is 1. The SMILES string of the molecule is COc1cccc(C)c1NC(=O)N1CCCCC1c1ccnn1C. The van der Waals surface area contributed by atoms with Crippen molar-refractivity contribution in [3.8, 4) is 5.75 Å². The lowest BCUT2D eigenvalue weighted by molar-refractivity contribution is 0.159. The molecule has 1 aromatic carbocycles. The minimum absolute atomic E-state index is 0.0567. The molecule has 1 atom stereocenters. The molecule has 1 aliphatic heterocycles. The molecule has 1 fully saturated rings. The van der Waals surface area contributed by atoms with Crippen LogP contribution in [0.25, 0.3) is 0 Å². The van der Waals surface area contributed by atoms with Gasteiger partial charge in [0.05, 0.1) is 24.5 Å². The summed E-state index contributed by atoms with van der Waals surface area (Å²) in [5, 5.41) is 7.29. The van der Waals surface area contributed by atoms with Crippen molar-refractivity contribution in [1.29, 1.82) is 0 Å². The van der Waals surface area contributed by atoms with Crippen LogP contribution in [0.15, 0.2) is 30.5 Å². The van der Waals surface area contributed by atoms with Gasteiger partial charge in [0.25, 0.3) is 0 Å². The molecule has 2 amide bonds. The Balaban J connectivity index is 1.84. The zero-order valence-electron chi connectivity index (χ0n) is 14.5. The van der Waals surface area contributed by atoms with E-state index in [2.05, 4.69) is 10.4 Å². The van der Waals surface area contributed by atoms with Crippen LogP contribution in [0.4, 0.5) is 10.5 Å². The van der Waals surface area contributed by atoms with E-state index in [0.717, 1.165) is 42.8 Å². The van der Waals surface area contributed by atoms with E-state index in [1.54, 1.807) is 13.3 Å². The van der Waals surface area contributed by atoms with Gasteiger partial charge in [0.1, 0.15) is 5.75 Å². The molecular formula is C18H24N4O2. The van der Waals surface area contributed by atoms with Gasteiger partial charge in [-0.3, -0.25) is 4.68 Å². The monoisotopic (exact) mass is 328 g/mol. The Hall–Kier alpha value is -2.50. The van der Waals surface area contributed by atoms with Gasteiger partial charge in [0.2, 0.25) is 0 Å². The summed E-state index contributed by atoms with van der Waals surface area (Å²) in [5.41, 5.74) is 2.79. The lowest BCUT2D eigenvalue weighted by atomic mass is 9.99. The minimum Gasteiger partial charge on any atom is -0.495 e. The van der Waals surface area contributed by atoms with Crippen LogP contribution in [0.3, 0.4) is 0 Å². The van der Waals surface area contributed by atoms with E-state index < -0.39 is 0 Å². The number of para-hydroxylation sites is 1. The molecule has 1 saturated heterocycles. The minimum atomic E-state index is -0.0894. The van der Waals surface area contributed by atoms with Crippen LogP contribution in [-0.2, 0) is 7.05 Å². The number of aromatic nitrogens is 2. The molecule has 6 nitrogen and oxygen atoms in total. The highest BCUT2D eigenvalue weighted by molar-refractivity contribution is 5.92. The van der Waals surface area contributed by atoms with Crippen LogP contribution < -0.4 is 10.1 Å². The van der Waals surface area contributed by atoms with Crippen molar-refractivity contribution in [3.63, 3.8) is 0 Å². The Bertz CT molecular complexity index is 726. The van der Waals surface area contributed by atoms with E-state index in [1.165, 1.54) is 0 Å². The highest BCUT2D eigenvalue weighted by Crippen LogP contribution is 2.33. The number of carbonyl (C=O) groups is 1. The predicted molar refractivity (Wildman–Crippen MR) is 93.3 cm³/mol. The van der Waals surface area contributed by atoms with Gasteiger partial charge in [-0.15, -0.1) is 0 Å². The van der Waals surface area contributed by atoms with Gasteiger partial charge in [-0.1, -0.05) is 12.1 Å². The maximum absolute atomic E-state index is 12.9. The Labute approximate surface area is 142 Å². The van der Waals surface area contributed by atoms with E-state index in [1.807, 2.05) is 47.8 Å². The topological polar surface area (TPSA) is 59.4 Å². The molecular weight excluding hydrogens is 304 g/mol. The van der Waals surface area contributed by atoms with Gasteiger partial charge < -0.3 is 15.0 Å². The molecule has 1 aliphatic rings. The number of nitrogens with zero attached hydrogens (tertiary/aromatic N) is 3. The Kier molecular flexibility index (Phi) is 4.74. The molecule has 128 valence electrons. The highest BCUT2D eigenvalue weighted by Gasteiger charge is 2.30. The van der Waals surface area contributed by atoms with E-state index in [0.29, 0.717) is 5.75 Å². The van der Waals surface area contributed by atoms with Crippen molar-refractivity contribution in [3.05, 3.63) is 41.7 Å². The molecule has 0 saturated carbocycles. The van der Waals surface area contributed by atoms with E-state index in [9.17, 15) is 4.79 Å². The van der Waals surface area contributed by atoms with Gasteiger partial charge in [0, 0.05) is 19.8 Å². The molecule has 0 spiro atoms. The number of likely N-dealkylation sites (tertiary alicyclic amines) is 1. The van der Waals surface area contributed by atoms with Crippen molar-refractivity contribution in [2.24, 2.45) is 7.05 Å². The number of benzene rings is 1. The standard InChI is InChI=1S/C18H24N4O2/c1-13-7-6-9-16(24-3)17(13)20-18(23)22-12-5-4-8-15(22)14-10-11-19-21(14)2/h6-7,9-11,15H,4-5,8,12H2,1-3H3,(H,20,23). The van der Waals surface area contributed by atoms with Gasteiger partial charge in [-0.05, 0) is 43.9 Å². The summed E-state index contributed by atoms with van der Waals surface area (Å²) in [7, 11) is 3.54. The maximum Gasteiger partial charge on any atom is 0.322 e. The smallest absolute Gasteiger partial charge is 0.322 e. The third-order valence-electron chi connectivity index (χ3n) is 4.65. The first-order valence-electron chi connectivity index (χ1n) is 8.31. The summed E-state index contributed by atoms with van der Waals surface area (Å²) in [6.07, 6.45) is 4.88. The number of nitrogens with one attached hydrogen (secondary N) is 1. The summed E-state index contributed by atoms with van der Waals surface area (Å²) in [4.78, 5) is 14.8. The summed E-state index contributed by atoms with van der Waals surface area (Å²) in [5.74, 6) is 0.678. The van der Waals surface area contributed by atoms with Crippen molar-refractivity contribution in [2.75, 3.05) is 19.0 Å². The van der Waals surface area contributed by atoms with Crippen LogP contribution in [0, 0.1) is 6.92 Å². The van der Waals surface area contributed by atoms with Crippen LogP contribution >= 0.6 is 0 Å². The molecule has 1 aromatic heterocycles. The van der Waals surface area contributed by atoms with Gasteiger partial charge in [-0.2, -0.15) is 5.10 Å². The molecule has 6 heteroatoms. The molecule has 1 N–H and O–H groups in total. The number of rotatable bonds is 3. The number of ether oxygens (including phenoxy) is 1. The molecule has 1 unspecified atom stereocenters. The largest absolute Gasteiger partial charge is 0.495 e. The summed E-state index contributed by atoms with van der Waals surface area (Å²) < 4.78 is 7.24. The molecule has 2 aromatic rings. The van der Waals surface area contributed by atoms with Crippen LogP contribution in [-0.4, -0.2) is 34.4 Å². The summed E-state index contributed by atoms with van der Waals surface area (Å²) >= 11 is 0. The first-order chi connectivity index (χ1) is 11.6. The normalized spacial score (nSPS) is 17.6. The second-order valence-corrected chi connectivity index (χ2v) is 6.17. The van der Waals surface area contributed by atoms with Crippen molar-refractivity contribution < 1.29 is 9.53 Å². The average Bonchev–Trinajstić information content (AvgIpc) is 3.02. The highest BCUT2D eigenvalue weighted by atomic mass is 16.5. The average molecular weight is 328 g/mol. The van der Waals surface area contributed by atoms with E-state index in [4.69, 9.17) is 4.74 Å². The van der Waals surface area contributed by atoms with E-state index in [-0.39, 0.29) is 12.1 Å². The second-order valence-electron chi connectivity index (χ2n) is 6.17. The Morgan fingerprint density at radius 2 is 2.17 bits per heavy atom. The third kappa shape index (κ3) is 3.09. The fourth-order valence-electron chi connectivity index (χ4n) is 3.34. The zero-order chi connectivity index (χ0) is 17.1. The Morgan fingerprint density at radius 3 is 2.88 bits per heavy atom. The predicted octanol–water partition coefficient (Wildman–Crippen LogP) is 3.50. The summed E-state index contributed by atoms with van der Waals surface area (Å²) in [6.45, 7) is 2.71. The number of carbonyl (C=O) groups excluding carboxylic acids is 1. The second kappa shape index (κ2) is 6.95. The third-order valence-corrected chi connectivity index (χ3v) is 4.65. The van der Waals surface area contributed by atoms with Gasteiger partial charge in [-0.25, -0.2) is 4.79 Å². The fourth-order valence-corrected chi connectivity index (χ4v) is 3.34. The number of methoxy groups -OCH3 is 1. The van der Waals surface area contributed by atoms with Crippen molar-refractivity contribution in [1.82, 2.24) is 14.7 Å². The van der Waals surface area contributed by atoms with Crippen molar-refractivity contribution >= 4 is 11.7 Å². The fraction of sp³-hybridized carbons (Fsp3) is 0.444. The lowest BCUT2D eigenvalue weighted by Crippen LogP contribution is -2.42. The van der Waals surface area contributed by atoms with Gasteiger partial charge >= 0.3 is 6.03 Å². The molecule has 0 aliphatic carbocycles. The van der Waals surface area contributed by atoms with Gasteiger partial charge in [0.15, 0.2) is 0 Å². The summed E-state index contributed by atoms with van der Waals surface area (Å²) in [6, 6.07) is 7.70. The molecule has 24 heavy (non-hydrogen) atoms. The quantitative estimate of drug-likeness (QED) is 0.938. The van der Waals surface area contributed by atoms with Crippen LogP contribution in [0.1, 0.15) is 36.6 Å². The number of amides is 2. The molecule has 3 rings (SSSR count). The lowest BCUT2D eigenvalue weighted by Gasteiger charge is -2.36. The number of hydrogen-bond acceptors (Lipinski definition) is 3. The van der Waals surface area contributed by atoms with E-state index >= 15 is 0 Å². The number of aryl methyl sites for hydroxylation is 2. The van der Waals surface area contributed by atoms with Crippen LogP contribution in [0.5, 0.6) is 5.75 Å². The number of urea groups is 1. The maximum atomic E-state index is 12.9. The number of hydrogen-bond donors (Lipinski definition) is 1. The first kappa shape index (κ1) is 16.4. The van der Waals surface area contributed by atoms with Crippen LogP contribution in [0.2, 0.25) is 0 Å². The molecule has 2 heterocycles. The molecule has 0 bridgehead atoms.